The van der Waals surface area contributed by atoms with Crippen LogP contribution in [0.1, 0.15) is 0 Å². The van der Waals surface area contributed by atoms with Crippen LogP contribution in [0.5, 0.6) is 0 Å². The van der Waals surface area contributed by atoms with E-state index in [9.17, 15) is 71.5 Å². The SMILES string of the molecule is OCC1OC(CO)(OCC2(OCC3(OCC4OC(O)C(O)C(O)C4O)OC(CO)C(O)C3O)OC(CO)C(O)C2O)C(O)C1O. The molecule has 0 bridgehead atoms. The van der Waals surface area contributed by atoms with Crippen LogP contribution in [0.2, 0.25) is 0 Å². The van der Waals surface area contributed by atoms with Crippen molar-refractivity contribution in [1.29, 1.82) is 0 Å². The Morgan fingerprint density at radius 2 is 0.844 bits per heavy atom. The van der Waals surface area contributed by atoms with E-state index in [1.54, 1.807) is 0 Å². The second-order valence-corrected chi connectivity index (χ2v) is 11.3. The van der Waals surface area contributed by atoms with E-state index in [1.165, 1.54) is 0 Å². The molecule has 4 saturated heterocycles. The van der Waals surface area contributed by atoms with Crippen LogP contribution in [0.4, 0.5) is 0 Å². The smallest absolute Gasteiger partial charge is 0.222 e. The van der Waals surface area contributed by atoms with Gasteiger partial charge in [0.2, 0.25) is 17.4 Å². The predicted octanol–water partition coefficient (Wildman–Crippen LogP) is -9.74. The Morgan fingerprint density at radius 1 is 0.444 bits per heavy atom. The highest BCUT2D eigenvalue weighted by molar-refractivity contribution is 5.03. The molecule has 0 aromatic rings. The van der Waals surface area contributed by atoms with Crippen LogP contribution >= 0.6 is 0 Å². The molecule has 0 spiro atoms. The average Bonchev–Trinajstić information content (AvgIpc) is 3.55. The fourth-order valence-electron chi connectivity index (χ4n) is 5.61. The molecule has 264 valence electrons. The van der Waals surface area contributed by atoms with Gasteiger partial charge in [-0.2, -0.15) is 0 Å². The van der Waals surface area contributed by atoms with Gasteiger partial charge in [-0.05, 0) is 0 Å². The van der Waals surface area contributed by atoms with Crippen molar-refractivity contribution in [2.45, 2.75) is 103 Å². The predicted molar refractivity (Wildman–Crippen MR) is 134 cm³/mol. The van der Waals surface area contributed by atoms with E-state index in [-0.39, 0.29) is 0 Å². The Balaban J connectivity index is 1.60. The van der Waals surface area contributed by atoms with Gasteiger partial charge in [0.25, 0.3) is 0 Å². The number of aliphatic hydroxyl groups is 14. The standard InChI is InChI=1S/C24H42O21/c25-1-8-13(30)18(35)22(5-28,43-8)40-7-24(20(37)15(32)10(3-27)45-24)41-6-23(19(36)14(31)9(2-26)44-23)39-4-11-12(29)16(33)17(34)21(38)42-11/h8-21,25-38H,1-7H2. The van der Waals surface area contributed by atoms with Gasteiger partial charge >= 0.3 is 0 Å². The van der Waals surface area contributed by atoms with Crippen molar-refractivity contribution in [2.24, 2.45) is 0 Å². The number of hydrogen-bond acceptors (Lipinski definition) is 21. The van der Waals surface area contributed by atoms with Gasteiger partial charge in [-0.3, -0.25) is 0 Å². The normalized spacial score (nSPS) is 52.1. The molecular formula is C24H42O21. The second kappa shape index (κ2) is 14.3. The summed E-state index contributed by atoms with van der Waals surface area (Å²) in [5.41, 5.74) is 0. The maximum absolute atomic E-state index is 11.0. The summed E-state index contributed by atoms with van der Waals surface area (Å²) in [4.78, 5) is 0. The summed E-state index contributed by atoms with van der Waals surface area (Å²) < 4.78 is 38.4. The number of rotatable bonds is 13. The lowest BCUT2D eigenvalue weighted by Crippen LogP contribution is -2.61. The first-order valence-electron chi connectivity index (χ1n) is 14.0. The van der Waals surface area contributed by atoms with Crippen LogP contribution in [0.15, 0.2) is 0 Å². The molecule has 4 aliphatic rings. The van der Waals surface area contributed by atoms with E-state index in [0.717, 1.165) is 0 Å². The van der Waals surface area contributed by atoms with E-state index < -0.39 is 149 Å². The molecular weight excluding hydrogens is 624 g/mol. The average molecular weight is 667 g/mol. The van der Waals surface area contributed by atoms with Gasteiger partial charge in [0.05, 0.1) is 26.4 Å². The van der Waals surface area contributed by atoms with Crippen molar-refractivity contribution in [3.63, 3.8) is 0 Å². The van der Waals surface area contributed by atoms with Crippen molar-refractivity contribution in [3.8, 4) is 0 Å². The van der Waals surface area contributed by atoms with Crippen LogP contribution in [-0.2, 0) is 33.2 Å². The van der Waals surface area contributed by atoms with E-state index in [0.29, 0.717) is 0 Å². The first kappa shape index (κ1) is 37.0. The van der Waals surface area contributed by atoms with Crippen LogP contribution in [0.25, 0.3) is 0 Å². The van der Waals surface area contributed by atoms with E-state index in [4.69, 9.17) is 33.2 Å². The molecule has 4 rings (SSSR count). The third-order valence-corrected chi connectivity index (χ3v) is 8.49. The topological polar surface area (TPSA) is 348 Å². The molecule has 0 aromatic heterocycles. The highest BCUT2D eigenvalue weighted by Gasteiger charge is 2.63. The Bertz CT molecular complexity index is 964. The first-order chi connectivity index (χ1) is 21.2. The molecule has 4 heterocycles. The van der Waals surface area contributed by atoms with Gasteiger partial charge in [0.1, 0.15) is 99.2 Å². The first-order valence-corrected chi connectivity index (χ1v) is 14.0. The summed E-state index contributed by atoms with van der Waals surface area (Å²) in [6.07, 6.45) is -25.1. The maximum Gasteiger partial charge on any atom is 0.222 e. The quantitative estimate of drug-likeness (QED) is 0.0867. The van der Waals surface area contributed by atoms with Crippen molar-refractivity contribution >= 4 is 0 Å². The van der Waals surface area contributed by atoms with Crippen molar-refractivity contribution in [1.82, 2.24) is 0 Å². The monoisotopic (exact) mass is 666 g/mol. The molecule has 4 aliphatic heterocycles. The zero-order chi connectivity index (χ0) is 33.5. The Labute approximate surface area is 254 Å². The minimum absolute atomic E-state index is 0.800. The molecule has 21 nitrogen and oxygen atoms in total. The summed E-state index contributed by atoms with van der Waals surface area (Å²) in [5.74, 6) is -7.51. The van der Waals surface area contributed by atoms with Crippen molar-refractivity contribution in [2.75, 3.05) is 46.2 Å². The molecule has 0 saturated carbocycles. The summed E-state index contributed by atoms with van der Waals surface area (Å²) >= 11 is 0. The lowest BCUT2D eigenvalue weighted by atomic mass is 9.99. The largest absolute Gasteiger partial charge is 0.394 e. The van der Waals surface area contributed by atoms with Crippen molar-refractivity contribution in [3.05, 3.63) is 0 Å². The van der Waals surface area contributed by atoms with Crippen LogP contribution in [0, 0.1) is 0 Å². The minimum Gasteiger partial charge on any atom is -0.394 e. The highest BCUT2D eigenvalue weighted by Crippen LogP contribution is 2.41. The lowest BCUT2D eigenvalue weighted by Gasteiger charge is -2.42. The molecule has 17 atom stereocenters. The van der Waals surface area contributed by atoms with E-state index in [2.05, 4.69) is 0 Å². The molecule has 14 N–H and O–H groups in total. The minimum atomic E-state index is -2.57. The number of ether oxygens (including phenoxy) is 7. The summed E-state index contributed by atoms with van der Waals surface area (Å²) in [6.45, 7) is -6.60. The second-order valence-electron chi connectivity index (χ2n) is 11.3. The van der Waals surface area contributed by atoms with E-state index >= 15 is 0 Å². The van der Waals surface area contributed by atoms with Gasteiger partial charge in [-0.15, -0.1) is 0 Å². The third-order valence-electron chi connectivity index (χ3n) is 8.49. The molecule has 21 heteroatoms. The summed E-state index contributed by atoms with van der Waals surface area (Å²) in [6, 6.07) is 0. The van der Waals surface area contributed by atoms with Crippen LogP contribution < -0.4 is 0 Å². The van der Waals surface area contributed by atoms with Crippen molar-refractivity contribution < 1.29 is 105 Å². The third kappa shape index (κ3) is 6.61. The fraction of sp³-hybridized carbons (Fsp3) is 1.00. The fourth-order valence-corrected chi connectivity index (χ4v) is 5.61. The summed E-state index contributed by atoms with van der Waals surface area (Å²) in [7, 11) is 0. The number of hydrogen-bond donors (Lipinski definition) is 14. The molecule has 0 radical (unpaired) electrons. The van der Waals surface area contributed by atoms with Gasteiger partial charge in [-0.25, -0.2) is 0 Å². The van der Waals surface area contributed by atoms with Gasteiger partial charge < -0.3 is 105 Å². The molecule has 0 aliphatic carbocycles. The zero-order valence-electron chi connectivity index (χ0n) is 23.7. The van der Waals surface area contributed by atoms with Gasteiger partial charge in [0, 0.05) is 0 Å². The Morgan fingerprint density at radius 3 is 1.27 bits per heavy atom. The van der Waals surface area contributed by atoms with E-state index in [1.807, 2.05) is 0 Å². The van der Waals surface area contributed by atoms with Gasteiger partial charge in [0.15, 0.2) is 6.29 Å². The summed E-state index contributed by atoms with van der Waals surface area (Å²) in [5, 5.41) is 142. The van der Waals surface area contributed by atoms with Gasteiger partial charge in [-0.1, -0.05) is 0 Å². The maximum atomic E-state index is 11.0. The molecule has 45 heavy (non-hydrogen) atoms. The molecule has 0 aromatic carbocycles. The van der Waals surface area contributed by atoms with Crippen LogP contribution in [-0.4, -0.2) is 221 Å². The highest BCUT2D eigenvalue weighted by atomic mass is 16.8. The molecule has 4 fully saturated rings. The lowest BCUT2D eigenvalue weighted by molar-refractivity contribution is -0.369. The zero-order valence-corrected chi connectivity index (χ0v) is 23.7. The Kier molecular flexibility index (Phi) is 11.8. The molecule has 17 unspecified atom stereocenters. The van der Waals surface area contributed by atoms with Crippen LogP contribution in [0.3, 0.4) is 0 Å². The Hall–Kier alpha value is -0.840. The molecule has 0 amide bonds. The number of aliphatic hydroxyl groups excluding tert-OH is 14.